The Bertz CT molecular complexity index is 1100. The Morgan fingerprint density at radius 1 is 1.00 bits per heavy atom. The lowest BCUT2D eigenvalue weighted by atomic mass is 9.97. The normalized spacial score (nSPS) is 12.1. The second kappa shape index (κ2) is 11.7. The summed E-state index contributed by atoms with van der Waals surface area (Å²) in [5, 5.41) is 0. The lowest BCUT2D eigenvalue weighted by Crippen LogP contribution is -2.47. The van der Waals surface area contributed by atoms with E-state index in [1.54, 1.807) is 7.05 Å². The molecule has 9 nitrogen and oxygen atoms in total. The third-order valence-electron chi connectivity index (χ3n) is 5.53. The van der Waals surface area contributed by atoms with Crippen molar-refractivity contribution in [3.63, 3.8) is 0 Å². The summed E-state index contributed by atoms with van der Waals surface area (Å²) in [7, 11) is 1.57. The quantitative estimate of drug-likeness (QED) is 0.551. The van der Waals surface area contributed by atoms with Gasteiger partial charge in [0, 0.05) is 26.6 Å². The molecule has 1 atom stereocenters. The number of benzene rings is 1. The number of amides is 2. The van der Waals surface area contributed by atoms with Gasteiger partial charge < -0.3 is 15.5 Å². The number of nitrogens with one attached hydrogen (secondary N) is 1. The summed E-state index contributed by atoms with van der Waals surface area (Å²) in [5.41, 5.74) is 5.89. The second-order valence-corrected chi connectivity index (χ2v) is 9.66. The predicted molar refractivity (Wildman–Crippen MR) is 135 cm³/mol. The van der Waals surface area contributed by atoms with Crippen LogP contribution < -0.4 is 21.9 Å². The summed E-state index contributed by atoms with van der Waals surface area (Å²) in [4.78, 5) is 56.1. The summed E-state index contributed by atoms with van der Waals surface area (Å²) in [6.07, 6.45) is 0.250. The first-order chi connectivity index (χ1) is 15.9. The number of nitrogens with zero attached hydrogens (tertiary/aromatic N) is 3. The van der Waals surface area contributed by atoms with Crippen LogP contribution in [0.4, 0.5) is 11.5 Å². The molecule has 186 valence electrons. The SMILES string of the molecule is CC(C)CN(C(=O)CN(C)C(=O)CC(C)c1ccccc1)c1c(N)n(CC(C)C)c(=O)[nH]c1=O. The average Bonchev–Trinajstić information content (AvgIpc) is 2.75. The lowest BCUT2D eigenvalue weighted by Gasteiger charge is -2.28. The smallest absolute Gasteiger partial charge is 0.330 e. The van der Waals surface area contributed by atoms with Gasteiger partial charge in [0.05, 0.1) is 6.54 Å². The summed E-state index contributed by atoms with van der Waals surface area (Å²) in [5.74, 6) is -0.556. The zero-order valence-corrected chi connectivity index (χ0v) is 21.0. The van der Waals surface area contributed by atoms with Crippen LogP contribution >= 0.6 is 0 Å². The van der Waals surface area contributed by atoms with Gasteiger partial charge in [0.15, 0.2) is 5.69 Å². The molecule has 1 aromatic heterocycles. The van der Waals surface area contributed by atoms with Crippen LogP contribution in [-0.2, 0) is 16.1 Å². The van der Waals surface area contributed by atoms with E-state index in [1.807, 2.05) is 65.0 Å². The molecule has 0 fully saturated rings. The van der Waals surface area contributed by atoms with Crippen LogP contribution in [0.15, 0.2) is 39.9 Å². The van der Waals surface area contributed by atoms with Gasteiger partial charge in [-0.3, -0.25) is 23.9 Å². The number of nitrogens with two attached hydrogens (primary N) is 1. The van der Waals surface area contributed by atoms with Crippen molar-refractivity contribution in [2.45, 2.75) is 53.5 Å². The van der Waals surface area contributed by atoms with E-state index in [4.69, 9.17) is 5.73 Å². The van der Waals surface area contributed by atoms with Crippen molar-refractivity contribution in [1.29, 1.82) is 0 Å². The molecular formula is C25H37N5O4. The Morgan fingerprint density at radius 2 is 1.62 bits per heavy atom. The molecule has 0 aliphatic rings. The maximum absolute atomic E-state index is 13.3. The minimum Gasteiger partial charge on any atom is -0.383 e. The van der Waals surface area contributed by atoms with Gasteiger partial charge in [0.25, 0.3) is 5.56 Å². The van der Waals surface area contributed by atoms with Gasteiger partial charge in [-0.2, -0.15) is 0 Å². The molecule has 2 aromatic rings. The van der Waals surface area contributed by atoms with Crippen molar-refractivity contribution in [2.75, 3.05) is 30.8 Å². The van der Waals surface area contributed by atoms with Gasteiger partial charge in [-0.05, 0) is 23.3 Å². The molecule has 9 heteroatoms. The molecule has 2 amide bonds. The highest BCUT2D eigenvalue weighted by molar-refractivity contribution is 5.98. The molecule has 34 heavy (non-hydrogen) atoms. The number of carbonyl (C=O) groups excluding carboxylic acids is 2. The van der Waals surface area contributed by atoms with E-state index in [0.29, 0.717) is 6.54 Å². The number of carbonyl (C=O) groups is 2. The molecular weight excluding hydrogens is 434 g/mol. The third-order valence-corrected chi connectivity index (χ3v) is 5.53. The van der Waals surface area contributed by atoms with Gasteiger partial charge in [0.1, 0.15) is 5.82 Å². The molecule has 0 saturated carbocycles. The van der Waals surface area contributed by atoms with Crippen molar-refractivity contribution >= 4 is 23.3 Å². The minimum absolute atomic E-state index is 0.00361. The fourth-order valence-corrected chi connectivity index (χ4v) is 3.76. The number of anilines is 2. The third kappa shape index (κ3) is 6.82. The minimum atomic E-state index is -0.719. The van der Waals surface area contributed by atoms with E-state index >= 15 is 0 Å². The van der Waals surface area contributed by atoms with E-state index in [9.17, 15) is 19.2 Å². The molecule has 0 spiro atoms. The van der Waals surface area contributed by atoms with E-state index in [-0.39, 0.29) is 54.7 Å². The van der Waals surface area contributed by atoms with Gasteiger partial charge in [0.2, 0.25) is 11.8 Å². The number of hydrogen-bond donors (Lipinski definition) is 2. The van der Waals surface area contributed by atoms with Crippen molar-refractivity contribution in [3.8, 4) is 0 Å². The molecule has 0 saturated heterocycles. The van der Waals surface area contributed by atoms with Crippen LogP contribution in [0.3, 0.4) is 0 Å². The Balaban J connectivity index is 2.29. The van der Waals surface area contributed by atoms with Crippen LogP contribution in [0.5, 0.6) is 0 Å². The summed E-state index contributed by atoms with van der Waals surface area (Å²) in [6, 6.07) is 9.70. The van der Waals surface area contributed by atoms with Crippen LogP contribution in [0, 0.1) is 11.8 Å². The fraction of sp³-hybridized carbons (Fsp3) is 0.520. The predicted octanol–water partition coefficient (Wildman–Crippen LogP) is 2.42. The largest absolute Gasteiger partial charge is 0.383 e. The first kappa shape index (κ1) is 26.9. The molecule has 0 bridgehead atoms. The molecule has 0 aliphatic carbocycles. The van der Waals surface area contributed by atoms with Crippen molar-refractivity contribution in [2.24, 2.45) is 11.8 Å². The fourth-order valence-electron chi connectivity index (χ4n) is 3.76. The molecule has 0 aliphatic heterocycles. The summed E-state index contributed by atoms with van der Waals surface area (Å²) >= 11 is 0. The van der Waals surface area contributed by atoms with Crippen LogP contribution in [0.1, 0.15) is 52.5 Å². The number of aromatic nitrogens is 2. The lowest BCUT2D eigenvalue weighted by molar-refractivity contribution is -0.134. The van der Waals surface area contributed by atoms with Crippen LogP contribution in [-0.4, -0.2) is 46.4 Å². The molecule has 0 radical (unpaired) electrons. The Morgan fingerprint density at radius 3 is 2.18 bits per heavy atom. The van der Waals surface area contributed by atoms with Gasteiger partial charge in [-0.1, -0.05) is 65.0 Å². The van der Waals surface area contributed by atoms with Crippen molar-refractivity contribution in [3.05, 3.63) is 56.7 Å². The number of nitrogen functional groups attached to an aromatic ring is 1. The number of hydrogen-bond acceptors (Lipinski definition) is 5. The Hall–Kier alpha value is -3.36. The van der Waals surface area contributed by atoms with E-state index in [2.05, 4.69) is 4.98 Å². The first-order valence-electron chi connectivity index (χ1n) is 11.6. The van der Waals surface area contributed by atoms with E-state index in [1.165, 1.54) is 14.4 Å². The monoisotopic (exact) mass is 471 g/mol. The highest BCUT2D eigenvalue weighted by Gasteiger charge is 2.27. The Labute approximate surface area is 200 Å². The summed E-state index contributed by atoms with van der Waals surface area (Å²) in [6.45, 7) is 9.93. The highest BCUT2D eigenvalue weighted by Crippen LogP contribution is 2.21. The van der Waals surface area contributed by atoms with Crippen LogP contribution in [0.25, 0.3) is 0 Å². The number of H-pyrrole nitrogens is 1. The number of aromatic amines is 1. The number of rotatable bonds is 10. The molecule has 1 unspecified atom stereocenters. The van der Waals surface area contributed by atoms with E-state index < -0.39 is 17.2 Å². The zero-order valence-electron chi connectivity index (χ0n) is 21.0. The van der Waals surface area contributed by atoms with Crippen LogP contribution in [0.2, 0.25) is 0 Å². The van der Waals surface area contributed by atoms with Gasteiger partial charge >= 0.3 is 5.69 Å². The highest BCUT2D eigenvalue weighted by atomic mass is 16.2. The standard InChI is InChI=1S/C25H37N5O4/c1-16(2)13-29(22-23(26)30(14-17(3)4)25(34)27-24(22)33)21(32)15-28(6)20(31)12-18(5)19-10-8-7-9-11-19/h7-11,16-18H,12-15,26H2,1-6H3,(H,27,33,34). The first-order valence-corrected chi connectivity index (χ1v) is 11.6. The van der Waals surface area contributed by atoms with Crippen molar-refractivity contribution in [1.82, 2.24) is 14.5 Å². The molecule has 3 N–H and O–H groups in total. The molecule has 2 rings (SSSR count). The maximum atomic E-state index is 13.3. The van der Waals surface area contributed by atoms with Gasteiger partial charge in [-0.25, -0.2) is 4.79 Å². The molecule has 1 aromatic carbocycles. The zero-order chi connectivity index (χ0) is 25.6. The van der Waals surface area contributed by atoms with Gasteiger partial charge in [-0.15, -0.1) is 0 Å². The van der Waals surface area contributed by atoms with Crippen molar-refractivity contribution < 1.29 is 9.59 Å². The number of likely N-dealkylation sites (N-methyl/N-ethyl adjacent to an activating group) is 1. The topological polar surface area (TPSA) is 121 Å². The Kier molecular flexibility index (Phi) is 9.23. The van der Waals surface area contributed by atoms with E-state index in [0.717, 1.165) is 5.56 Å². The maximum Gasteiger partial charge on any atom is 0.330 e. The summed E-state index contributed by atoms with van der Waals surface area (Å²) < 4.78 is 1.28. The molecule has 1 heterocycles. The second-order valence-electron chi connectivity index (χ2n) is 9.66. The average molecular weight is 472 g/mol.